The number of carbonyl (C=O) groups is 1. The molecule has 1 aromatic heterocycles. The van der Waals surface area contributed by atoms with Crippen LogP contribution in [-0.2, 0) is 4.79 Å². The topological polar surface area (TPSA) is 71.5 Å². The van der Waals surface area contributed by atoms with Crippen molar-refractivity contribution in [3.8, 4) is 0 Å². The molecule has 6 heteroatoms. The van der Waals surface area contributed by atoms with Gasteiger partial charge in [-0.05, 0) is 31.6 Å². The molecular formula is C15H28ClN3O2. The van der Waals surface area contributed by atoms with E-state index in [0.717, 1.165) is 25.3 Å². The van der Waals surface area contributed by atoms with Crippen LogP contribution in [0.1, 0.15) is 45.4 Å². The largest absolute Gasteiger partial charge is 0.468 e. The second-order valence-electron chi connectivity index (χ2n) is 4.89. The second-order valence-corrected chi connectivity index (χ2v) is 4.89. The maximum atomic E-state index is 11.9. The van der Waals surface area contributed by atoms with Crippen LogP contribution >= 0.6 is 12.4 Å². The molecule has 1 heterocycles. The number of hydrogen-bond donors (Lipinski definition) is 2. The number of nitrogens with one attached hydrogen (secondary N) is 1. The Morgan fingerprint density at radius 1 is 1.38 bits per heavy atom. The molecule has 1 aromatic rings. The zero-order valence-corrected chi connectivity index (χ0v) is 14.0. The van der Waals surface area contributed by atoms with Crippen molar-refractivity contribution in [1.82, 2.24) is 10.2 Å². The van der Waals surface area contributed by atoms with Crippen LogP contribution in [0.2, 0.25) is 0 Å². The Morgan fingerprint density at radius 3 is 2.52 bits per heavy atom. The van der Waals surface area contributed by atoms with E-state index >= 15 is 0 Å². The molecule has 0 aromatic carbocycles. The molecule has 0 spiro atoms. The first-order valence-electron chi connectivity index (χ1n) is 7.44. The van der Waals surface area contributed by atoms with Gasteiger partial charge < -0.3 is 15.5 Å². The van der Waals surface area contributed by atoms with Crippen molar-refractivity contribution in [2.24, 2.45) is 5.73 Å². The van der Waals surface area contributed by atoms with Crippen molar-refractivity contribution >= 4 is 18.3 Å². The summed E-state index contributed by atoms with van der Waals surface area (Å²) in [6.07, 6.45) is 3.28. The Balaban J connectivity index is 0.00000400. The summed E-state index contributed by atoms with van der Waals surface area (Å²) < 4.78 is 5.50. The van der Waals surface area contributed by atoms with E-state index in [2.05, 4.69) is 24.1 Å². The van der Waals surface area contributed by atoms with Crippen molar-refractivity contribution in [3.05, 3.63) is 24.2 Å². The van der Waals surface area contributed by atoms with E-state index in [1.54, 1.807) is 6.26 Å². The van der Waals surface area contributed by atoms with Crippen LogP contribution in [-0.4, -0.2) is 36.5 Å². The third kappa shape index (κ3) is 6.08. The maximum absolute atomic E-state index is 11.9. The minimum absolute atomic E-state index is 0. The summed E-state index contributed by atoms with van der Waals surface area (Å²) >= 11 is 0. The summed E-state index contributed by atoms with van der Waals surface area (Å²) in [5.74, 6) is 0.786. The number of furan rings is 1. The molecule has 1 rings (SSSR count). The van der Waals surface area contributed by atoms with E-state index in [9.17, 15) is 4.79 Å². The third-order valence-electron chi connectivity index (χ3n) is 3.53. The standard InChI is InChI=1S/C15H27N3O2.ClH/c1-4-8-12(16)15(19)17-11-13(18(5-2)6-3)14-9-7-10-20-14;/h7,9-10,12-13H,4-6,8,11,16H2,1-3H3,(H,17,19);1H. The minimum Gasteiger partial charge on any atom is -0.468 e. The number of carbonyl (C=O) groups excluding carboxylic acids is 1. The lowest BCUT2D eigenvalue weighted by atomic mass is 10.1. The lowest BCUT2D eigenvalue weighted by Crippen LogP contribution is -2.44. The normalized spacial score (nSPS) is 13.6. The van der Waals surface area contributed by atoms with Gasteiger partial charge >= 0.3 is 0 Å². The molecule has 0 aliphatic carbocycles. The Kier molecular flexibility index (Phi) is 10.1. The van der Waals surface area contributed by atoms with Crippen molar-refractivity contribution in [3.63, 3.8) is 0 Å². The van der Waals surface area contributed by atoms with Crippen LogP contribution in [0.5, 0.6) is 0 Å². The van der Waals surface area contributed by atoms with Crippen molar-refractivity contribution < 1.29 is 9.21 Å². The van der Waals surface area contributed by atoms with Gasteiger partial charge in [-0.15, -0.1) is 12.4 Å². The number of rotatable bonds is 9. The van der Waals surface area contributed by atoms with Crippen LogP contribution in [0, 0.1) is 0 Å². The summed E-state index contributed by atoms with van der Waals surface area (Å²) in [7, 11) is 0. The summed E-state index contributed by atoms with van der Waals surface area (Å²) in [4.78, 5) is 14.2. The number of likely N-dealkylation sites (N-methyl/N-ethyl adjacent to an activating group) is 1. The van der Waals surface area contributed by atoms with Crippen molar-refractivity contribution in [2.75, 3.05) is 19.6 Å². The Bertz CT molecular complexity index is 380. The molecule has 2 unspecified atom stereocenters. The van der Waals surface area contributed by atoms with Gasteiger partial charge in [-0.1, -0.05) is 27.2 Å². The van der Waals surface area contributed by atoms with Crippen LogP contribution in [0.25, 0.3) is 0 Å². The zero-order valence-electron chi connectivity index (χ0n) is 13.2. The highest BCUT2D eigenvalue weighted by molar-refractivity contribution is 5.85. The van der Waals surface area contributed by atoms with Gasteiger partial charge in [0.25, 0.3) is 0 Å². The first-order chi connectivity index (χ1) is 9.63. The van der Waals surface area contributed by atoms with Gasteiger partial charge in [0.2, 0.25) is 5.91 Å². The Labute approximate surface area is 133 Å². The van der Waals surface area contributed by atoms with Crippen molar-refractivity contribution in [1.29, 1.82) is 0 Å². The SMILES string of the molecule is CCCC(N)C(=O)NCC(c1ccco1)N(CC)CC.Cl. The third-order valence-corrected chi connectivity index (χ3v) is 3.53. The molecule has 0 saturated carbocycles. The first-order valence-corrected chi connectivity index (χ1v) is 7.44. The number of halogens is 1. The van der Waals surface area contributed by atoms with E-state index in [1.165, 1.54) is 0 Å². The Hall–Kier alpha value is -1.04. The lowest BCUT2D eigenvalue weighted by molar-refractivity contribution is -0.122. The monoisotopic (exact) mass is 317 g/mol. The molecule has 0 aliphatic rings. The molecule has 0 radical (unpaired) electrons. The Morgan fingerprint density at radius 2 is 2.05 bits per heavy atom. The summed E-state index contributed by atoms with van der Waals surface area (Å²) in [5, 5.41) is 2.94. The average Bonchev–Trinajstić information content (AvgIpc) is 2.97. The van der Waals surface area contributed by atoms with E-state index in [-0.39, 0.29) is 24.4 Å². The maximum Gasteiger partial charge on any atom is 0.236 e. The van der Waals surface area contributed by atoms with E-state index in [1.807, 2.05) is 19.1 Å². The van der Waals surface area contributed by atoms with Gasteiger partial charge in [-0.3, -0.25) is 9.69 Å². The fourth-order valence-electron chi connectivity index (χ4n) is 2.33. The molecule has 2 atom stereocenters. The molecule has 5 nitrogen and oxygen atoms in total. The predicted octanol–water partition coefficient (Wildman–Crippen LogP) is 2.33. The molecule has 21 heavy (non-hydrogen) atoms. The molecule has 0 bridgehead atoms. The van der Waals surface area contributed by atoms with E-state index in [4.69, 9.17) is 10.2 Å². The van der Waals surface area contributed by atoms with Gasteiger partial charge in [-0.25, -0.2) is 0 Å². The number of nitrogens with zero attached hydrogens (tertiary/aromatic N) is 1. The number of amides is 1. The molecule has 122 valence electrons. The van der Waals surface area contributed by atoms with E-state index < -0.39 is 6.04 Å². The van der Waals surface area contributed by atoms with Gasteiger partial charge in [0.05, 0.1) is 18.3 Å². The average molecular weight is 318 g/mol. The highest BCUT2D eigenvalue weighted by Gasteiger charge is 2.22. The minimum atomic E-state index is -0.422. The summed E-state index contributed by atoms with van der Waals surface area (Å²) in [5.41, 5.74) is 5.82. The van der Waals surface area contributed by atoms with Gasteiger partial charge in [0, 0.05) is 6.54 Å². The second kappa shape index (κ2) is 10.7. The molecule has 0 saturated heterocycles. The number of hydrogen-bond acceptors (Lipinski definition) is 4. The van der Waals surface area contributed by atoms with Crippen LogP contribution in [0.3, 0.4) is 0 Å². The van der Waals surface area contributed by atoms with Gasteiger partial charge in [0.1, 0.15) is 5.76 Å². The highest BCUT2D eigenvalue weighted by Crippen LogP contribution is 2.20. The lowest BCUT2D eigenvalue weighted by Gasteiger charge is -2.28. The highest BCUT2D eigenvalue weighted by atomic mass is 35.5. The molecular weight excluding hydrogens is 290 g/mol. The molecule has 1 amide bonds. The smallest absolute Gasteiger partial charge is 0.236 e. The fourth-order valence-corrected chi connectivity index (χ4v) is 2.33. The predicted molar refractivity (Wildman–Crippen MR) is 87.5 cm³/mol. The van der Waals surface area contributed by atoms with Crippen molar-refractivity contribution in [2.45, 2.75) is 45.7 Å². The van der Waals surface area contributed by atoms with Crippen LogP contribution in [0.4, 0.5) is 0 Å². The van der Waals surface area contributed by atoms with E-state index in [0.29, 0.717) is 13.0 Å². The molecule has 3 N–H and O–H groups in total. The summed E-state index contributed by atoms with van der Waals surface area (Å²) in [6, 6.07) is 3.45. The quantitative estimate of drug-likeness (QED) is 0.733. The zero-order chi connectivity index (χ0) is 15.0. The van der Waals surface area contributed by atoms with Gasteiger partial charge in [0.15, 0.2) is 0 Å². The first kappa shape index (κ1) is 20.0. The van der Waals surface area contributed by atoms with Gasteiger partial charge in [-0.2, -0.15) is 0 Å². The molecule has 0 fully saturated rings. The van der Waals surface area contributed by atoms with Crippen LogP contribution < -0.4 is 11.1 Å². The van der Waals surface area contributed by atoms with Crippen LogP contribution in [0.15, 0.2) is 22.8 Å². The summed E-state index contributed by atoms with van der Waals surface area (Å²) in [6.45, 7) is 8.55. The molecule has 0 aliphatic heterocycles. The number of nitrogens with two attached hydrogens (primary N) is 1. The fraction of sp³-hybridized carbons (Fsp3) is 0.667.